The number of amides is 1. The second-order valence-corrected chi connectivity index (χ2v) is 7.21. The van der Waals surface area contributed by atoms with Gasteiger partial charge in [0.15, 0.2) is 0 Å². The van der Waals surface area contributed by atoms with E-state index in [0.29, 0.717) is 12.0 Å². The average Bonchev–Trinajstić information content (AvgIpc) is 2.65. The van der Waals surface area contributed by atoms with Crippen molar-refractivity contribution in [3.8, 4) is 0 Å². The third-order valence-corrected chi connectivity index (χ3v) is 4.60. The summed E-state index contributed by atoms with van der Waals surface area (Å²) in [5.74, 6) is -1.99. The molecule has 7 heteroatoms. The first kappa shape index (κ1) is 22.2. The van der Waals surface area contributed by atoms with Crippen molar-refractivity contribution in [2.45, 2.75) is 37.8 Å². The third kappa shape index (κ3) is 6.21. The third-order valence-electron chi connectivity index (χ3n) is 4.11. The number of alkyl halides is 3. The number of rotatable bonds is 8. The van der Waals surface area contributed by atoms with E-state index in [1.165, 1.54) is 6.92 Å². The van der Waals surface area contributed by atoms with Gasteiger partial charge in [-0.25, -0.2) is 0 Å². The van der Waals surface area contributed by atoms with Gasteiger partial charge in [0, 0.05) is 4.47 Å². The predicted octanol–water partition coefficient (Wildman–Crippen LogP) is 5.89. The van der Waals surface area contributed by atoms with Crippen molar-refractivity contribution < 1.29 is 22.7 Å². The lowest BCUT2D eigenvalue weighted by Gasteiger charge is -2.30. The second kappa shape index (κ2) is 9.89. The van der Waals surface area contributed by atoms with E-state index in [1.54, 1.807) is 36.4 Å². The van der Waals surface area contributed by atoms with Gasteiger partial charge in [0.25, 0.3) is 0 Å². The van der Waals surface area contributed by atoms with Crippen molar-refractivity contribution >= 4 is 21.8 Å². The molecular weight excluding hydrogens is 435 g/mol. The molecule has 150 valence electrons. The van der Waals surface area contributed by atoms with Crippen LogP contribution in [0.4, 0.5) is 13.2 Å². The van der Waals surface area contributed by atoms with Crippen LogP contribution in [0.3, 0.4) is 0 Å². The monoisotopic (exact) mass is 455 g/mol. The van der Waals surface area contributed by atoms with Gasteiger partial charge in [-0.1, -0.05) is 64.5 Å². The molecule has 2 rings (SSSR count). The van der Waals surface area contributed by atoms with E-state index < -0.39 is 30.3 Å². The van der Waals surface area contributed by atoms with Crippen LogP contribution in [0.2, 0.25) is 0 Å². The maximum absolute atomic E-state index is 12.7. The Labute approximate surface area is 170 Å². The topological polar surface area (TPSA) is 38.3 Å². The average molecular weight is 456 g/mol. The highest BCUT2D eigenvalue weighted by Crippen LogP contribution is 2.33. The van der Waals surface area contributed by atoms with Crippen LogP contribution in [0.25, 0.3) is 0 Å². The summed E-state index contributed by atoms with van der Waals surface area (Å²) in [6.45, 7) is 5.24. The summed E-state index contributed by atoms with van der Waals surface area (Å²) < 4.78 is 45.2. The van der Waals surface area contributed by atoms with Gasteiger partial charge >= 0.3 is 12.1 Å². The second-order valence-electron chi connectivity index (χ2n) is 6.30. The van der Waals surface area contributed by atoms with Gasteiger partial charge in [0.05, 0.1) is 12.1 Å². The summed E-state index contributed by atoms with van der Waals surface area (Å²) >= 11 is 3.41. The Kier molecular flexibility index (Phi) is 7.83. The lowest BCUT2D eigenvalue weighted by molar-refractivity contribution is -0.175. The molecule has 0 aliphatic rings. The number of benzene rings is 2. The number of nitrogens with one attached hydrogen (secondary N) is 1. The Morgan fingerprint density at radius 1 is 1.18 bits per heavy atom. The molecule has 0 radical (unpaired) electrons. The highest BCUT2D eigenvalue weighted by molar-refractivity contribution is 9.10. The van der Waals surface area contributed by atoms with Crippen LogP contribution in [0.1, 0.15) is 36.7 Å². The summed E-state index contributed by atoms with van der Waals surface area (Å²) in [5.41, 5.74) is 1.52. The molecule has 0 saturated heterocycles. The molecular formula is C21H21BrF3NO2. The summed E-state index contributed by atoms with van der Waals surface area (Å²) in [6, 6.07) is 15.4. The zero-order valence-corrected chi connectivity index (χ0v) is 16.8. The van der Waals surface area contributed by atoms with Gasteiger partial charge in [-0.3, -0.25) is 4.79 Å². The Balaban J connectivity index is 2.32. The maximum Gasteiger partial charge on any atom is 0.471 e. The number of ether oxygens (including phenoxy) is 1. The Hall–Kier alpha value is -2.12. The smallest absolute Gasteiger partial charge is 0.363 e. The lowest BCUT2D eigenvalue weighted by Crippen LogP contribution is -2.45. The van der Waals surface area contributed by atoms with Crippen LogP contribution in [-0.2, 0) is 9.53 Å². The van der Waals surface area contributed by atoms with Crippen LogP contribution in [-0.4, -0.2) is 18.1 Å². The van der Waals surface area contributed by atoms with E-state index in [0.717, 1.165) is 10.0 Å². The molecule has 0 bridgehead atoms. The van der Waals surface area contributed by atoms with Crippen molar-refractivity contribution in [2.24, 2.45) is 0 Å². The van der Waals surface area contributed by atoms with Gasteiger partial charge in [-0.15, -0.1) is 6.58 Å². The highest BCUT2D eigenvalue weighted by atomic mass is 79.9. The van der Waals surface area contributed by atoms with Crippen LogP contribution in [0.5, 0.6) is 0 Å². The summed E-state index contributed by atoms with van der Waals surface area (Å²) in [6.07, 6.45) is -4.03. The highest BCUT2D eigenvalue weighted by Gasteiger charge is 2.40. The molecule has 0 aromatic heterocycles. The van der Waals surface area contributed by atoms with Gasteiger partial charge in [0.1, 0.15) is 6.10 Å². The molecule has 1 N–H and O–H groups in total. The fourth-order valence-electron chi connectivity index (χ4n) is 2.80. The lowest BCUT2D eigenvalue weighted by atomic mass is 10.0. The van der Waals surface area contributed by atoms with E-state index in [4.69, 9.17) is 4.74 Å². The molecule has 3 nitrogen and oxygen atoms in total. The molecule has 1 amide bonds. The number of hydrogen-bond donors (Lipinski definition) is 1. The standard InChI is InChI=1S/C21H21BrF3NO2/c1-3-8-18(16-11-7-12-17(22)13-16)28-19(15-9-5-4-6-10-15)14(2)26-20(27)21(23,24)25/h3-7,9-14,18-19H,1,8H2,2H3,(H,26,27)/t14-,18+,19+/m1/s1. The molecule has 0 saturated carbocycles. The van der Waals surface area contributed by atoms with Gasteiger partial charge in [-0.2, -0.15) is 13.2 Å². The molecule has 3 atom stereocenters. The summed E-state index contributed by atoms with van der Waals surface area (Å²) in [7, 11) is 0. The van der Waals surface area contributed by atoms with E-state index in [1.807, 2.05) is 29.6 Å². The summed E-state index contributed by atoms with van der Waals surface area (Å²) in [4.78, 5) is 11.4. The van der Waals surface area contributed by atoms with Crippen LogP contribution < -0.4 is 5.32 Å². The van der Waals surface area contributed by atoms with Crippen LogP contribution >= 0.6 is 15.9 Å². The largest absolute Gasteiger partial charge is 0.471 e. The minimum atomic E-state index is -4.96. The quantitative estimate of drug-likeness (QED) is 0.503. The first-order valence-corrected chi connectivity index (χ1v) is 9.46. The molecule has 0 fully saturated rings. The fraction of sp³-hybridized carbons (Fsp3) is 0.286. The Morgan fingerprint density at radius 2 is 1.82 bits per heavy atom. The molecule has 0 aliphatic carbocycles. The number of hydrogen-bond acceptors (Lipinski definition) is 2. The maximum atomic E-state index is 12.7. The van der Waals surface area contributed by atoms with Crippen molar-refractivity contribution in [1.29, 1.82) is 0 Å². The van der Waals surface area contributed by atoms with Crippen LogP contribution in [0.15, 0.2) is 71.7 Å². The predicted molar refractivity (Wildman–Crippen MR) is 106 cm³/mol. The molecule has 0 heterocycles. The Bertz CT molecular complexity index is 796. The summed E-state index contributed by atoms with van der Waals surface area (Å²) in [5, 5.41) is 2.00. The first-order chi connectivity index (χ1) is 13.2. The zero-order valence-electron chi connectivity index (χ0n) is 15.2. The first-order valence-electron chi connectivity index (χ1n) is 8.66. The molecule has 2 aromatic carbocycles. The van der Waals surface area contributed by atoms with E-state index >= 15 is 0 Å². The zero-order chi connectivity index (χ0) is 20.7. The van der Waals surface area contributed by atoms with E-state index in [-0.39, 0.29) is 0 Å². The molecule has 0 spiro atoms. The number of carbonyl (C=O) groups excluding carboxylic acids is 1. The molecule has 0 aliphatic heterocycles. The van der Waals surface area contributed by atoms with Crippen molar-refractivity contribution in [3.63, 3.8) is 0 Å². The van der Waals surface area contributed by atoms with Gasteiger partial charge in [0.2, 0.25) is 0 Å². The SMILES string of the molecule is C=CC[C@H](O[C@H](c1ccccc1)[C@@H](C)NC(=O)C(F)(F)F)c1cccc(Br)c1. The van der Waals surface area contributed by atoms with Crippen LogP contribution in [0, 0.1) is 0 Å². The van der Waals surface area contributed by atoms with Crippen molar-refractivity contribution in [2.75, 3.05) is 0 Å². The Morgan fingerprint density at radius 3 is 2.39 bits per heavy atom. The van der Waals surface area contributed by atoms with E-state index in [9.17, 15) is 18.0 Å². The minimum absolute atomic E-state index is 0.439. The van der Waals surface area contributed by atoms with Gasteiger partial charge < -0.3 is 10.1 Å². The van der Waals surface area contributed by atoms with Crippen molar-refractivity contribution in [3.05, 3.63) is 82.9 Å². The van der Waals surface area contributed by atoms with Gasteiger partial charge in [-0.05, 0) is 36.6 Å². The molecule has 0 unspecified atom stereocenters. The minimum Gasteiger partial charge on any atom is -0.363 e. The van der Waals surface area contributed by atoms with E-state index in [2.05, 4.69) is 22.5 Å². The fourth-order valence-corrected chi connectivity index (χ4v) is 3.21. The number of carbonyl (C=O) groups is 1. The normalized spacial score (nSPS) is 14.8. The van der Waals surface area contributed by atoms with Crippen molar-refractivity contribution in [1.82, 2.24) is 5.32 Å². The molecule has 28 heavy (non-hydrogen) atoms. The molecule has 2 aromatic rings. The number of halogens is 4.